The fraction of sp³-hybridized carbons (Fsp3) is 0.889. The predicted molar refractivity (Wildman–Crippen MR) is 42.2 cm³/mol. The number of hydrogen-bond donors (Lipinski definition) is 0. The lowest BCUT2D eigenvalue weighted by Crippen LogP contribution is -2.22. The highest BCUT2D eigenvalue weighted by Crippen LogP contribution is 2.29. The normalized spacial score (nSPS) is 31.8. The highest BCUT2D eigenvalue weighted by molar-refractivity contribution is 5.75. The summed E-state index contributed by atoms with van der Waals surface area (Å²) in [5, 5.41) is 0. The van der Waals surface area contributed by atoms with E-state index in [0.29, 0.717) is 12.8 Å². The van der Waals surface area contributed by atoms with Gasteiger partial charge in [0.05, 0.1) is 0 Å². The molecular formula is C9H15FO. The van der Waals surface area contributed by atoms with Crippen molar-refractivity contribution >= 4 is 5.78 Å². The van der Waals surface area contributed by atoms with Crippen LogP contribution in [0.4, 0.5) is 4.39 Å². The van der Waals surface area contributed by atoms with E-state index in [0.717, 1.165) is 19.3 Å². The molecule has 1 aliphatic carbocycles. The summed E-state index contributed by atoms with van der Waals surface area (Å²) in [7, 11) is 0. The summed E-state index contributed by atoms with van der Waals surface area (Å²) in [5.74, 6) is 0.154. The predicted octanol–water partition coefficient (Wildman–Crippen LogP) is 2.49. The molecule has 1 nitrogen and oxygen atoms in total. The first-order valence-corrected chi connectivity index (χ1v) is 4.33. The molecule has 0 spiro atoms. The van der Waals surface area contributed by atoms with Gasteiger partial charge in [0, 0.05) is 6.42 Å². The standard InChI is InChI=1S/C9H15FO/c1-7(11)6-8-4-2-3-5-9(8)10/h8-9H,2-6H2,1H3. The first kappa shape index (κ1) is 8.69. The van der Waals surface area contributed by atoms with Gasteiger partial charge in [-0.25, -0.2) is 4.39 Å². The fourth-order valence-electron chi connectivity index (χ4n) is 1.76. The van der Waals surface area contributed by atoms with E-state index in [1.54, 1.807) is 6.92 Å². The molecule has 0 aromatic rings. The van der Waals surface area contributed by atoms with E-state index >= 15 is 0 Å². The van der Waals surface area contributed by atoms with E-state index in [-0.39, 0.29) is 11.7 Å². The van der Waals surface area contributed by atoms with Crippen molar-refractivity contribution in [3.63, 3.8) is 0 Å². The Morgan fingerprint density at radius 1 is 1.45 bits per heavy atom. The molecule has 0 saturated heterocycles. The minimum absolute atomic E-state index is 0.0289. The quantitative estimate of drug-likeness (QED) is 0.603. The summed E-state index contributed by atoms with van der Waals surface area (Å²) in [6, 6.07) is 0. The van der Waals surface area contributed by atoms with Crippen molar-refractivity contribution in [2.24, 2.45) is 5.92 Å². The summed E-state index contributed by atoms with van der Waals surface area (Å²) >= 11 is 0. The molecule has 1 saturated carbocycles. The van der Waals surface area contributed by atoms with E-state index in [2.05, 4.69) is 0 Å². The van der Waals surface area contributed by atoms with Gasteiger partial charge in [-0.1, -0.05) is 12.8 Å². The van der Waals surface area contributed by atoms with Crippen LogP contribution in [-0.2, 0) is 4.79 Å². The van der Waals surface area contributed by atoms with Crippen molar-refractivity contribution in [3.8, 4) is 0 Å². The number of carbonyl (C=O) groups is 1. The van der Waals surface area contributed by atoms with Gasteiger partial charge in [0.15, 0.2) is 0 Å². The zero-order valence-electron chi connectivity index (χ0n) is 6.98. The third-order valence-corrected chi connectivity index (χ3v) is 2.37. The Morgan fingerprint density at radius 2 is 2.09 bits per heavy atom. The number of carbonyl (C=O) groups excluding carboxylic acids is 1. The van der Waals surface area contributed by atoms with Crippen molar-refractivity contribution < 1.29 is 9.18 Å². The number of halogens is 1. The van der Waals surface area contributed by atoms with Gasteiger partial charge in [0.2, 0.25) is 0 Å². The van der Waals surface area contributed by atoms with Crippen LogP contribution >= 0.6 is 0 Å². The Bertz CT molecular complexity index is 144. The maximum Gasteiger partial charge on any atom is 0.130 e. The van der Waals surface area contributed by atoms with Gasteiger partial charge in [-0.3, -0.25) is 0 Å². The van der Waals surface area contributed by atoms with Crippen LogP contribution in [0.3, 0.4) is 0 Å². The zero-order chi connectivity index (χ0) is 8.27. The van der Waals surface area contributed by atoms with Crippen LogP contribution in [-0.4, -0.2) is 12.0 Å². The van der Waals surface area contributed by atoms with Gasteiger partial charge in [-0.2, -0.15) is 0 Å². The molecule has 0 aliphatic heterocycles. The number of ketones is 1. The summed E-state index contributed by atoms with van der Waals surface area (Å²) < 4.78 is 13.1. The van der Waals surface area contributed by atoms with Gasteiger partial charge in [-0.15, -0.1) is 0 Å². The number of rotatable bonds is 2. The number of alkyl halides is 1. The van der Waals surface area contributed by atoms with Crippen LogP contribution in [0.5, 0.6) is 0 Å². The second kappa shape index (κ2) is 3.84. The molecule has 0 aromatic heterocycles. The van der Waals surface area contributed by atoms with E-state index in [1.165, 1.54) is 0 Å². The highest BCUT2D eigenvalue weighted by atomic mass is 19.1. The van der Waals surface area contributed by atoms with E-state index in [1.807, 2.05) is 0 Å². The van der Waals surface area contributed by atoms with Crippen LogP contribution in [0.1, 0.15) is 39.0 Å². The molecule has 2 atom stereocenters. The Morgan fingerprint density at radius 3 is 2.64 bits per heavy atom. The third-order valence-electron chi connectivity index (χ3n) is 2.37. The van der Waals surface area contributed by atoms with Crippen molar-refractivity contribution in [1.82, 2.24) is 0 Å². The minimum atomic E-state index is -0.715. The molecule has 0 bridgehead atoms. The molecule has 2 unspecified atom stereocenters. The lowest BCUT2D eigenvalue weighted by atomic mass is 9.84. The second-order valence-corrected chi connectivity index (χ2v) is 3.47. The van der Waals surface area contributed by atoms with Gasteiger partial charge in [0.1, 0.15) is 12.0 Å². The van der Waals surface area contributed by atoms with Crippen LogP contribution in [0.15, 0.2) is 0 Å². The molecule has 0 aromatic carbocycles. The molecule has 2 heteroatoms. The van der Waals surface area contributed by atoms with Gasteiger partial charge in [-0.05, 0) is 25.7 Å². The fourth-order valence-corrected chi connectivity index (χ4v) is 1.76. The minimum Gasteiger partial charge on any atom is -0.300 e. The molecule has 0 heterocycles. The maximum atomic E-state index is 13.1. The Kier molecular flexibility index (Phi) is 3.03. The van der Waals surface area contributed by atoms with Crippen LogP contribution in [0.2, 0.25) is 0 Å². The van der Waals surface area contributed by atoms with Crippen molar-refractivity contribution in [3.05, 3.63) is 0 Å². The zero-order valence-corrected chi connectivity index (χ0v) is 6.98. The van der Waals surface area contributed by atoms with Crippen LogP contribution < -0.4 is 0 Å². The summed E-state index contributed by atoms with van der Waals surface area (Å²) in [4.78, 5) is 10.7. The third kappa shape index (κ3) is 2.60. The SMILES string of the molecule is CC(=O)CC1CCCCC1F. The molecule has 0 N–H and O–H groups in total. The average Bonchev–Trinajstić information content (AvgIpc) is 1.93. The smallest absolute Gasteiger partial charge is 0.130 e. The molecular weight excluding hydrogens is 143 g/mol. The highest BCUT2D eigenvalue weighted by Gasteiger charge is 2.25. The molecule has 64 valence electrons. The van der Waals surface area contributed by atoms with Crippen molar-refractivity contribution in [2.75, 3.05) is 0 Å². The van der Waals surface area contributed by atoms with E-state index in [4.69, 9.17) is 0 Å². The molecule has 1 fully saturated rings. The van der Waals surface area contributed by atoms with E-state index in [9.17, 15) is 9.18 Å². The Labute approximate surface area is 67.0 Å². The van der Waals surface area contributed by atoms with Crippen LogP contribution in [0.25, 0.3) is 0 Å². The van der Waals surface area contributed by atoms with Crippen molar-refractivity contribution in [2.45, 2.75) is 45.2 Å². The van der Waals surface area contributed by atoms with Crippen LogP contribution in [0, 0.1) is 5.92 Å². The van der Waals surface area contributed by atoms with Gasteiger partial charge < -0.3 is 4.79 Å². The summed E-state index contributed by atoms with van der Waals surface area (Å²) in [6.45, 7) is 1.54. The summed E-state index contributed by atoms with van der Waals surface area (Å²) in [5.41, 5.74) is 0. The molecule has 0 amide bonds. The molecule has 1 rings (SSSR count). The monoisotopic (exact) mass is 158 g/mol. The molecule has 11 heavy (non-hydrogen) atoms. The first-order valence-electron chi connectivity index (χ1n) is 4.33. The largest absolute Gasteiger partial charge is 0.300 e. The second-order valence-electron chi connectivity index (χ2n) is 3.47. The van der Waals surface area contributed by atoms with Gasteiger partial charge >= 0.3 is 0 Å². The van der Waals surface area contributed by atoms with E-state index < -0.39 is 6.17 Å². The van der Waals surface area contributed by atoms with Crippen molar-refractivity contribution in [1.29, 1.82) is 0 Å². The number of hydrogen-bond acceptors (Lipinski definition) is 1. The Balaban J connectivity index is 2.35. The molecule has 1 aliphatic rings. The Hall–Kier alpha value is -0.400. The lowest BCUT2D eigenvalue weighted by molar-refractivity contribution is -0.118. The van der Waals surface area contributed by atoms with Gasteiger partial charge in [0.25, 0.3) is 0 Å². The first-order chi connectivity index (χ1) is 5.20. The average molecular weight is 158 g/mol. The number of Topliss-reactive ketones (excluding diaryl/α,β-unsaturated/α-hetero) is 1. The summed E-state index contributed by atoms with van der Waals surface area (Å²) in [6.07, 6.45) is 3.39. The lowest BCUT2D eigenvalue weighted by Gasteiger charge is -2.24. The topological polar surface area (TPSA) is 17.1 Å². The maximum absolute atomic E-state index is 13.1. The molecule has 0 radical (unpaired) electrons.